The second-order valence-corrected chi connectivity index (χ2v) is 7.50. The molecule has 2 aromatic carbocycles. The van der Waals surface area contributed by atoms with Gasteiger partial charge in [0.05, 0.1) is 17.1 Å². The van der Waals surface area contributed by atoms with Crippen LogP contribution in [0.15, 0.2) is 53.0 Å². The molecule has 1 heterocycles. The molecule has 0 spiro atoms. The molecule has 6 heteroatoms. The largest absolute Gasteiger partial charge is 0.481 e. The Balaban J connectivity index is 1.72. The van der Waals surface area contributed by atoms with Crippen LogP contribution in [0, 0.1) is 5.92 Å². The monoisotopic (exact) mass is 415 g/mol. The van der Waals surface area contributed by atoms with Crippen LogP contribution >= 0.6 is 15.9 Å². The lowest BCUT2D eigenvalue weighted by molar-refractivity contribution is -0.128. The molecule has 0 unspecified atom stereocenters. The summed E-state index contributed by atoms with van der Waals surface area (Å²) in [7, 11) is 0. The maximum Gasteiger partial charge on any atom is 0.261 e. The molecule has 3 aromatic rings. The molecule has 26 heavy (non-hydrogen) atoms. The van der Waals surface area contributed by atoms with Crippen molar-refractivity contribution < 1.29 is 9.53 Å². The molecule has 2 atom stereocenters. The number of aromatic amines is 1. The number of rotatable bonds is 6. The molecule has 1 aromatic heterocycles. The third-order valence-corrected chi connectivity index (χ3v) is 4.69. The summed E-state index contributed by atoms with van der Waals surface area (Å²) >= 11 is 3.38. The normalized spacial score (nSPS) is 13.6. The van der Waals surface area contributed by atoms with Crippen LogP contribution in [0.2, 0.25) is 0 Å². The topological polar surface area (TPSA) is 67.0 Å². The van der Waals surface area contributed by atoms with Crippen molar-refractivity contribution in [3.8, 4) is 5.75 Å². The van der Waals surface area contributed by atoms with Crippen LogP contribution in [0.3, 0.4) is 0 Å². The molecule has 0 bridgehead atoms. The number of hydrogen-bond donors (Lipinski definition) is 2. The van der Waals surface area contributed by atoms with Crippen LogP contribution in [-0.2, 0) is 4.79 Å². The summed E-state index contributed by atoms with van der Waals surface area (Å²) in [4.78, 5) is 20.6. The summed E-state index contributed by atoms with van der Waals surface area (Å²) in [5, 5.41) is 3.06. The Bertz CT molecular complexity index is 856. The van der Waals surface area contributed by atoms with Crippen molar-refractivity contribution in [3.63, 3.8) is 0 Å². The van der Waals surface area contributed by atoms with E-state index in [4.69, 9.17) is 4.74 Å². The summed E-state index contributed by atoms with van der Waals surface area (Å²) in [5.74, 6) is 1.41. The van der Waals surface area contributed by atoms with Gasteiger partial charge < -0.3 is 15.0 Å². The molecule has 2 N–H and O–H groups in total. The van der Waals surface area contributed by atoms with E-state index in [0.717, 1.165) is 21.3 Å². The summed E-state index contributed by atoms with van der Waals surface area (Å²) in [6, 6.07) is 15.0. The standard InChI is InChI=1S/C20H22BrN3O2/c1-12(2)18(19-22-16-6-4-5-7-17(16)23-19)24-20(25)13(3)26-15-10-8-14(21)9-11-15/h4-13,18H,1-3H3,(H,22,23)(H,24,25)/t13-,18+/m0/s1. The van der Waals surface area contributed by atoms with Gasteiger partial charge in [0.25, 0.3) is 5.91 Å². The van der Waals surface area contributed by atoms with Gasteiger partial charge in [0, 0.05) is 4.47 Å². The lowest BCUT2D eigenvalue weighted by Crippen LogP contribution is -2.40. The Hall–Kier alpha value is -2.34. The molecular weight excluding hydrogens is 394 g/mol. The minimum Gasteiger partial charge on any atom is -0.481 e. The quantitative estimate of drug-likeness (QED) is 0.617. The summed E-state index contributed by atoms with van der Waals surface area (Å²) in [5.41, 5.74) is 1.85. The first-order chi connectivity index (χ1) is 12.4. The summed E-state index contributed by atoms with van der Waals surface area (Å²) in [6.45, 7) is 5.85. The van der Waals surface area contributed by atoms with Crippen molar-refractivity contribution >= 4 is 32.9 Å². The van der Waals surface area contributed by atoms with Crippen molar-refractivity contribution in [2.75, 3.05) is 0 Å². The Kier molecular flexibility index (Phi) is 5.61. The molecule has 0 aliphatic carbocycles. The molecule has 0 saturated heterocycles. The van der Waals surface area contributed by atoms with Gasteiger partial charge in [0.1, 0.15) is 11.6 Å². The first-order valence-electron chi connectivity index (χ1n) is 8.61. The molecule has 0 fully saturated rings. The van der Waals surface area contributed by atoms with Gasteiger partial charge in [-0.1, -0.05) is 41.9 Å². The van der Waals surface area contributed by atoms with Crippen LogP contribution in [0.1, 0.15) is 32.6 Å². The van der Waals surface area contributed by atoms with E-state index in [-0.39, 0.29) is 17.9 Å². The van der Waals surface area contributed by atoms with Gasteiger partial charge in [0.15, 0.2) is 6.10 Å². The number of nitrogens with zero attached hydrogens (tertiary/aromatic N) is 1. The number of halogens is 1. The van der Waals surface area contributed by atoms with Gasteiger partial charge >= 0.3 is 0 Å². The zero-order valence-corrected chi connectivity index (χ0v) is 16.6. The first kappa shape index (κ1) is 18.5. The number of imidazole rings is 1. The Morgan fingerprint density at radius 3 is 2.46 bits per heavy atom. The van der Waals surface area contributed by atoms with E-state index in [1.807, 2.05) is 48.5 Å². The highest BCUT2D eigenvalue weighted by atomic mass is 79.9. The van der Waals surface area contributed by atoms with E-state index >= 15 is 0 Å². The van der Waals surface area contributed by atoms with Crippen molar-refractivity contribution in [3.05, 3.63) is 58.8 Å². The number of fused-ring (bicyclic) bond motifs is 1. The predicted octanol–water partition coefficient (Wildman–Crippen LogP) is 4.61. The van der Waals surface area contributed by atoms with E-state index < -0.39 is 6.10 Å². The van der Waals surface area contributed by atoms with Gasteiger partial charge in [-0.2, -0.15) is 0 Å². The number of carbonyl (C=O) groups excluding carboxylic acids is 1. The second kappa shape index (κ2) is 7.91. The highest BCUT2D eigenvalue weighted by molar-refractivity contribution is 9.10. The molecule has 136 valence electrons. The fraction of sp³-hybridized carbons (Fsp3) is 0.300. The lowest BCUT2D eigenvalue weighted by Gasteiger charge is -2.23. The SMILES string of the molecule is CC(C)[C@@H](NC(=O)[C@H](C)Oc1ccc(Br)cc1)c1nc2ccccc2[nH]1. The van der Waals surface area contributed by atoms with E-state index in [1.165, 1.54) is 0 Å². The average Bonchev–Trinajstić information content (AvgIpc) is 3.04. The van der Waals surface area contributed by atoms with Crippen molar-refractivity contribution in [1.82, 2.24) is 15.3 Å². The molecule has 3 rings (SSSR count). The van der Waals surface area contributed by atoms with Crippen molar-refractivity contribution in [1.29, 1.82) is 0 Å². The van der Waals surface area contributed by atoms with Crippen LogP contribution < -0.4 is 10.1 Å². The minimum absolute atomic E-state index is 0.174. The second-order valence-electron chi connectivity index (χ2n) is 6.58. The maximum absolute atomic E-state index is 12.6. The molecule has 0 radical (unpaired) electrons. The van der Waals surface area contributed by atoms with Crippen LogP contribution in [0.25, 0.3) is 11.0 Å². The smallest absolute Gasteiger partial charge is 0.261 e. The van der Waals surface area contributed by atoms with Crippen LogP contribution in [0.4, 0.5) is 0 Å². The number of hydrogen-bond acceptors (Lipinski definition) is 3. The predicted molar refractivity (Wildman–Crippen MR) is 106 cm³/mol. The van der Waals surface area contributed by atoms with E-state index in [2.05, 4.69) is 45.1 Å². The maximum atomic E-state index is 12.6. The third-order valence-electron chi connectivity index (χ3n) is 4.16. The number of amides is 1. The highest BCUT2D eigenvalue weighted by Crippen LogP contribution is 2.23. The van der Waals surface area contributed by atoms with Crippen molar-refractivity contribution in [2.24, 2.45) is 5.92 Å². The zero-order chi connectivity index (χ0) is 18.7. The first-order valence-corrected chi connectivity index (χ1v) is 9.40. The van der Waals surface area contributed by atoms with Crippen LogP contribution in [-0.4, -0.2) is 22.0 Å². The number of H-pyrrole nitrogens is 1. The van der Waals surface area contributed by atoms with Crippen LogP contribution in [0.5, 0.6) is 5.75 Å². The number of nitrogens with one attached hydrogen (secondary N) is 2. The van der Waals surface area contributed by atoms with Gasteiger partial charge in [-0.05, 0) is 49.2 Å². The number of aromatic nitrogens is 2. The van der Waals surface area contributed by atoms with Crippen molar-refractivity contribution in [2.45, 2.75) is 32.9 Å². The molecular formula is C20H22BrN3O2. The van der Waals surface area contributed by atoms with E-state index in [9.17, 15) is 4.79 Å². The summed E-state index contributed by atoms with van der Waals surface area (Å²) in [6.07, 6.45) is -0.609. The van der Waals surface area contributed by atoms with Gasteiger partial charge in [-0.25, -0.2) is 4.98 Å². The molecule has 1 amide bonds. The van der Waals surface area contributed by atoms with E-state index in [0.29, 0.717) is 5.75 Å². The van der Waals surface area contributed by atoms with Gasteiger partial charge in [-0.15, -0.1) is 0 Å². The number of benzene rings is 2. The average molecular weight is 416 g/mol. The molecule has 0 aliphatic heterocycles. The fourth-order valence-corrected chi connectivity index (χ4v) is 2.98. The number of ether oxygens (including phenoxy) is 1. The zero-order valence-electron chi connectivity index (χ0n) is 15.0. The van der Waals surface area contributed by atoms with E-state index in [1.54, 1.807) is 6.92 Å². The van der Waals surface area contributed by atoms with Gasteiger partial charge in [0.2, 0.25) is 0 Å². The number of para-hydroxylation sites is 2. The minimum atomic E-state index is -0.609. The Morgan fingerprint density at radius 2 is 1.81 bits per heavy atom. The number of carbonyl (C=O) groups is 1. The Labute approximate surface area is 161 Å². The molecule has 5 nitrogen and oxygen atoms in total. The summed E-state index contributed by atoms with van der Waals surface area (Å²) < 4.78 is 6.71. The lowest BCUT2D eigenvalue weighted by atomic mass is 10.0. The molecule has 0 saturated carbocycles. The highest BCUT2D eigenvalue weighted by Gasteiger charge is 2.25. The fourth-order valence-electron chi connectivity index (χ4n) is 2.71. The molecule has 0 aliphatic rings. The van der Waals surface area contributed by atoms with Gasteiger partial charge in [-0.3, -0.25) is 4.79 Å². The third kappa shape index (κ3) is 4.25. The Morgan fingerprint density at radius 1 is 1.12 bits per heavy atom.